The van der Waals surface area contributed by atoms with Crippen LogP contribution in [0.15, 0.2) is 0 Å². The van der Waals surface area contributed by atoms with Crippen molar-refractivity contribution in [3.05, 3.63) is 0 Å². The van der Waals surface area contributed by atoms with Gasteiger partial charge in [0.1, 0.15) is 0 Å². The second kappa shape index (κ2) is 6.41. The van der Waals surface area contributed by atoms with Crippen molar-refractivity contribution in [3.63, 3.8) is 0 Å². The maximum absolute atomic E-state index is 10.3. The maximum Gasteiger partial charge on any atom is 0.0898 e. The summed E-state index contributed by atoms with van der Waals surface area (Å²) in [7, 11) is 0. The molecule has 0 amide bonds. The van der Waals surface area contributed by atoms with Gasteiger partial charge in [-0.1, -0.05) is 19.3 Å². The monoisotopic (exact) mass is 307 g/mol. The number of hydrogen-bond acceptors (Lipinski definition) is 3. The van der Waals surface area contributed by atoms with Crippen LogP contribution in [0.4, 0.5) is 0 Å². The Morgan fingerprint density at radius 2 is 1.55 bits per heavy atom. The fourth-order valence-electron chi connectivity index (χ4n) is 6.15. The van der Waals surface area contributed by atoms with E-state index in [-0.39, 0.29) is 11.7 Å². The Kier molecular flexibility index (Phi) is 4.49. The van der Waals surface area contributed by atoms with E-state index in [2.05, 4.69) is 5.32 Å². The van der Waals surface area contributed by atoms with E-state index < -0.39 is 0 Å². The highest BCUT2D eigenvalue weighted by atomic mass is 16.5. The van der Waals surface area contributed by atoms with Gasteiger partial charge in [-0.15, -0.1) is 0 Å². The van der Waals surface area contributed by atoms with E-state index in [0.29, 0.717) is 19.2 Å². The molecule has 0 unspecified atom stereocenters. The summed E-state index contributed by atoms with van der Waals surface area (Å²) in [6.45, 7) is 1.24. The molecule has 5 aliphatic carbocycles. The summed E-state index contributed by atoms with van der Waals surface area (Å²) in [4.78, 5) is 0. The van der Waals surface area contributed by atoms with Gasteiger partial charge >= 0.3 is 0 Å². The van der Waals surface area contributed by atoms with E-state index >= 15 is 0 Å². The minimum atomic E-state index is -0.338. The SMILES string of the molecule is O[C@H](CNC1CCCCC1)COC12CC3CC(CC(C3)C1)C2. The molecule has 0 heterocycles. The first-order valence-electron chi connectivity index (χ1n) is 9.76. The first kappa shape index (κ1) is 15.4. The molecule has 4 bridgehead atoms. The zero-order chi connectivity index (χ0) is 15.0. The van der Waals surface area contributed by atoms with E-state index in [9.17, 15) is 5.11 Å². The van der Waals surface area contributed by atoms with Crippen LogP contribution in [0.5, 0.6) is 0 Å². The lowest BCUT2D eigenvalue weighted by Crippen LogP contribution is -2.53. The topological polar surface area (TPSA) is 41.5 Å². The number of hydrogen-bond donors (Lipinski definition) is 2. The molecule has 2 N–H and O–H groups in total. The van der Waals surface area contributed by atoms with E-state index in [1.54, 1.807) is 0 Å². The van der Waals surface area contributed by atoms with Crippen molar-refractivity contribution in [1.82, 2.24) is 5.32 Å². The Balaban J connectivity index is 1.22. The van der Waals surface area contributed by atoms with Crippen LogP contribution in [0.1, 0.15) is 70.6 Å². The molecule has 0 aromatic carbocycles. The minimum Gasteiger partial charge on any atom is -0.389 e. The summed E-state index contributed by atoms with van der Waals surface area (Å²) in [5.74, 6) is 2.76. The molecule has 1 atom stereocenters. The summed E-state index contributed by atoms with van der Waals surface area (Å²) in [6.07, 6.45) is 14.5. The van der Waals surface area contributed by atoms with Crippen LogP contribution in [0.25, 0.3) is 0 Å². The third-order valence-electron chi connectivity index (χ3n) is 6.81. The number of ether oxygens (including phenoxy) is 1. The van der Waals surface area contributed by atoms with Crippen LogP contribution < -0.4 is 5.32 Å². The van der Waals surface area contributed by atoms with E-state index in [1.807, 2.05) is 0 Å². The van der Waals surface area contributed by atoms with Gasteiger partial charge in [-0.25, -0.2) is 0 Å². The van der Waals surface area contributed by atoms with E-state index in [4.69, 9.17) is 4.74 Å². The molecule has 0 aromatic heterocycles. The maximum atomic E-state index is 10.3. The highest BCUT2D eigenvalue weighted by molar-refractivity contribution is 5.03. The molecular weight excluding hydrogens is 274 g/mol. The quantitative estimate of drug-likeness (QED) is 0.791. The zero-order valence-corrected chi connectivity index (χ0v) is 13.9. The minimum absolute atomic E-state index is 0.139. The van der Waals surface area contributed by atoms with Gasteiger partial charge in [0.25, 0.3) is 0 Å². The van der Waals surface area contributed by atoms with E-state index in [1.165, 1.54) is 70.6 Å². The molecule has 5 aliphatic rings. The van der Waals surface area contributed by atoms with Gasteiger partial charge in [-0.3, -0.25) is 0 Å². The summed E-state index contributed by atoms with van der Waals surface area (Å²) < 4.78 is 6.35. The normalized spacial score (nSPS) is 42.7. The number of aliphatic hydroxyl groups is 1. The second-order valence-electron chi connectivity index (χ2n) is 8.81. The molecule has 5 rings (SSSR count). The fraction of sp³-hybridized carbons (Fsp3) is 1.00. The number of aliphatic hydroxyl groups excluding tert-OH is 1. The number of rotatable bonds is 6. The standard InChI is InChI=1S/C19H33NO2/c21-18(12-20-17-4-2-1-3-5-17)13-22-19-9-14-6-15(10-19)8-16(7-14)11-19/h14-18,20-21H,1-13H2/t14?,15?,16?,18-,19?/m1/s1. The first-order valence-corrected chi connectivity index (χ1v) is 9.76. The van der Waals surface area contributed by atoms with Gasteiger partial charge in [0.05, 0.1) is 18.3 Å². The van der Waals surface area contributed by atoms with Crippen molar-refractivity contribution in [2.24, 2.45) is 17.8 Å². The molecule has 22 heavy (non-hydrogen) atoms. The summed E-state index contributed by atoms with van der Waals surface area (Å²) in [6, 6.07) is 0.628. The first-order chi connectivity index (χ1) is 10.7. The van der Waals surface area contributed by atoms with Gasteiger partial charge in [-0.2, -0.15) is 0 Å². The largest absolute Gasteiger partial charge is 0.389 e. The smallest absolute Gasteiger partial charge is 0.0898 e. The van der Waals surface area contributed by atoms with Crippen LogP contribution in [0, 0.1) is 17.8 Å². The van der Waals surface area contributed by atoms with Crippen molar-refractivity contribution in [2.45, 2.75) is 88.4 Å². The van der Waals surface area contributed by atoms with Crippen molar-refractivity contribution < 1.29 is 9.84 Å². The molecule has 0 saturated heterocycles. The van der Waals surface area contributed by atoms with E-state index in [0.717, 1.165) is 17.8 Å². The average Bonchev–Trinajstić information content (AvgIpc) is 2.51. The molecule has 5 saturated carbocycles. The van der Waals surface area contributed by atoms with Crippen LogP contribution >= 0.6 is 0 Å². The lowest BCUT2D eigenvalue weighted by Gasteiger charge is -2.56. The van der Waals surface area contributed by atoms with Crippen LogP contribution in [0.3, 0.4) is 0 Å². The lowest BCUT2D eigenvalue weighted by molar-refractivity contribution is -0.174. The molecule has 5 fully saturated rings. The Hall–Kier alpha value is -0.120. The van der Waals surface area contributed by atoms with Crippen LogP contribution in [0.2, 0.25) is 0 Å². The van der Waals surface area contributed by atoms with Crippen LogP contribution in [-0.4, -0.2) is 36.0 Å². The molecule has 0 aliphatic heterocycles. The third kappa shape index (κ3) is 3.37. The van der Waals surface area contributed by atoms with Gasteiger partial charge in [0, 0.05) is 12.6 Å². The predicted octanol–water partition coefficient (Wildman–Crippen LogP) is 3.26. The third-order valence-corrected chi connectivity index (χ3v) is 6.81. The molecule has 0 aromatic rings. The molecule has 0 spiro atoms. The van der Waals surface area contributed by atoms with Gasteiger partial charge in [0.15, 0.2) is 0 Å². The highest BCUT2D eigenvalue weighted by Gasteiger charge is 2.51. The van der Waals surface area contributed by atoms with Crippen molar-refractivity contribution in [2.75, 3.05) is 13.2 Å². The van der Waals surface area contributed by atoms with Crippen molar-refractivity contribution >= 4 is 0 Å². The fourth-order valence-corrected chi connectivity index (χ4v) is 6.15. The number of nitrogens with one attached hydrogen (secondary N) is 1. The summed E-state index contributed by atoms with van der Waals surface area (Å²) >= 11 is 0. The summed E-state index contributed by atoms with van der Waals surface area (Å²) in [5.41, 5.74) is 0.139. The lowest BCUT2D eigenvalue weighted by atomic mass is 9.54. The predicted molar refractivity (Wildman–Crippen MR) is 87.7 cm³/mol. The average molecular weight is 307 g/mol. The molecule has 126 valence electrons. The highest BCUT2D eigenvalue weighted by Crippen LogP contribution is 2.57. The molecular formula is C19H33NO2. The van der Waals surface area contributed by atoms with Crippen molar-refractivity contribution in [1.29, 1.82) is 0 Å². The van der Waals surface area contributed by atoms with Crippen LogP contribution in [-0.2, 0) is 4.74 Å². The Morgan fingerprint density at radius 1 is 0.955 bits per heavy atom. The molecule has 0 radical (unpaired) electrons. The second-order valence-corrected chi connectivity index (χ2v) is 8.81. The summed E-state index contributed by atoms with van der Waals surface area (Å²) in [5, 5.41) is 13.8. The van der Waals surface area contributed by atoms with Crippen molar-refractivity contribution in [3.8, 4) is 0 Å². The Labute approximate surface area is 135 Å². The zero-order valence-electron chi connectivity index (χ0n) is 13.9. The Morgan fingerprint density at radius 3 is 2.14 bits per heavy atom. The van der Waals surface area contributed by atoms with Gasteiger partial charge < -0.3 is 15.2 Å². The Bertz CT molecular complexity index is 342. The molecule has 3 heteroatoms. The van der Waals surface area contributed by atoms with Gasteiger partial charge in [-0.05, 0) is 69.1 Å². The molecule has 3 nitrogen and oxygen atoms in total. The van der Waals surface area contributed by atoms with Gasteiger partial charge in [0.2, 0.25) is 0 Å².